The van der Waals surface area contributed by atoms with E-state index in [0.717, 1.165) is 0 Å². The van der Waals surface area contributed by atoms with Crippen LogP contribution < -0.4 is 0 Å². The van der Waals surface area contributed by atoms with Gasteiger partial charge < -0.3 is 10.2 Å². The van der Waals surface area contributed by atoms with Crippen molar-refractivity contribution in [1.29, 1.82) is 0 Å². The number of aliphatic carboxylic acids is 1. The molecular formula is C10H11BrO3. The van der Waals surface area contributed by atoms with Crippen molar-refractivity contribution in [2.75, 3.05) is 0 Å². The van der Waals surface area contributed by atoms with Crippen molar-refractivity contribution in [1.82, 2.24) is 0 Å². The minimum absolute atomic E-state index is 0.126. The van der Waals surface area contributed by atoms with Gasteiger partial charge in [-0.1, -0.05) is 19.1 Å². The Morgan fingerprint density at radius 3 is 2.79 bits per heavy atom. The molecule has 0 radical (unpaired) electrons. The smallest absolute Gasteiger partial charge is 0.306 e. The zero-order valence-corrected chi connectivity index (χ0v) is 9.28. The molecule has 3 nitrogen and oxygen atoms in total. The number of rotatable bonds is 3. The SMILES string of the molecule is CC(Cc1cccc(Br)c1O)C(=O)O. The van der Waals surface area contributed by atoms with E-state index in [0.29, 0.717) is 16.5 Å². The molecule has 1 unspecified atom stereocenters. The van der Waals surface area contributed by atoms with Gasteiger partial charge in [0.25, 0.3) is 0 Å². The van der Waals surface area contributed by atoms with Crippen LogP contribution in [-0.2, 0) is 11.2 Å². The van der Waals surface area contributed by atoms with Crippen LogP contribution in [0.2, 0.25) is 0 Å². The lowest BCUT2D eigenvalue weighted by molar-refractivity contribution is -0.141. The highest BCUT2D eigenvalue weighted by Crippen LogP contribution is 2.29. The van der Waals surface area contributed by atoms with Crippen LogP contribution in [0.1, 0.15) is 12.5 Å². The summed E-state index contributed by atoms with van der Waals surface area (Å²) in [4.78, 5) is 10.6. The average Bonchev–Trinajstić information content (AvgIpc) is 2.12. The first kappa shape index (κ1) is 11.0. The van der Waals surface area contributed by atoms with Gasteiger partial charge >= 0.3 is 5.97 Å². The molecular weight excluding hydrogens is 248 g/mol. The number of aromatic hydroxyl groups is 1. The van der Waals surface area contributed by atoms with E-state index in [2.05, 4.69) is 15.9 Å². The third-order valence-electron chi connectivity index (χ3n) is 2.02. The van der Waals surface area contributed by atoms with Crippen LogP contribution in [0.3, 0.4) is 0 Å². The maximum atomic E-state index is 10.6. The lowest BCUT2D eigenvalue weighted by Crippen LogP contribution is -2.12. The van der Waals surface area contributed by atoms with Crippen molar-refractivity contribution in [2.24, 2.45) is 5.92 Å². The molecule has 76 valence electrons. The number of halogens is 1. The molecule has 0 amide bonds. The number of carboxylic acids is 1. The van der Waals surface area contributed by atoms with Crippen LogP contribution >= 0.6 is 15.9 Å². The Hall–Kier alpha value is -1.03. The van der Waals surface area contributed by atoms with Gasteiger partial charge in [-0.25, -0.2) is 0 Å². The van der Waals surface area contributed by atoms with Gasteiger partial charge in [0.1, 0.15) is 5.75 Å². The van der Waals surface area contributed by atoms with Crippen LogP contribution in [0.25, 0.3) is 0 Å². The number of hydrogen-bond acceptors (Lipinski definition) is 2. The monoisotopic (exact) mass is 258 g/mol. The number of para-hydroxylation sites is 1. The predicted octanol–water partition coefficient (Wildman–Crippen LogP) is 2.42. The molecule has 0 saturated heterocycles. The second kappa shape index (κ2) is 4.46. The van der Waals surface area contributed by atoms with Crippen molar-refractivity contribution in [3.8, 4) is 5.75 Å². The minimum atomic E-state index is -0.857. The van der Waals surface area contributed by atoms with Crippen LogP contribution in [-0.4, -0.2) is 16.2 Å². The molecule has 0 aliphatic heterocycles. The van der Waals surface area contributed by atoms with Crippen molar-refractivity contribution in [3.63, 3.8) is 0 Å². The Labute approximate surface area is 90.5 Å². The largest absolute Gasteiger partial charge is 0.506 e. The van der Waals surface area contributed by atoms with Gasteiger partial charge in [0.05, 0.1) is 10.4 Å². The third-order valence-corrected chi connectivity index (χ3v) is 2.66. The molecule has 1 aromatic carbocycles. The van der Waals surface area contributed by atoms with Gasteiger partial charge in [0.15, 0.2) is 0 Å². The molecule has 0 saturated carbocycles. The minimum Gasteiger partial charge on any atom is -0.506 e. The highest BCUT2D eigenvalue weighted by atomic mass is 79.9. The van der Waals surface area contributed by atoms with Gasteiger partial charge in [-0.05, 0) is 34.0 Å². The maximum absolute atomic E-state index is 10.6. The summed E-state index contributed by atoms with van der Waals surface area (Å²) in [5.74, 6) is -1.22. The molecule has 1 atom stereocenters. The van der Waals surface area contributed by atoms with E-state index in [1.54, 1.807) is 25.1 Å². The summed E-state index contributed by atoms with van der Waals surface area (Å²) in [6, 6.07) is 5.21. The van der Waals surface area contributed by atoms with Crippen LogP contribution in [0.5, 0.6) is 5.75 Å². The maximum Gasteiger partial charge on any atom is 0.306 e. The predicted molar refractivity (Wildman–Crippen MR) is 56.3 cm³/mol. The topological polar surface area (TPSA) is 57.5 Å². The molecule has 14 heavy (non-hydrogen) atoms. The summed E-state index contributed by atoms with van der Waals surface area (Å²) in [7, 11) is 0. The summed E-state index contributed by atoms with van der Waals surface area (Å²) < 4.78 is 0.590. The quantitative estimate of drug-likeness (QED) is 0.876. The second-order valence-electron chi connectivity index (χ2n) is 3.19. The number of benzene rings is 1. The summed E-state index contributed by atoms with van der Waals surface area (Å²) >= 11 is 3.18. The lowest BCUT2D eigenvalue weighted by Gasteiger charge is -2.08. The summed E-state index contributed by atoms with van der Waals surface area (Å²) in [6.07, 6.45) is 0.334. The number of carboxylic acid groups (broad SMARTS) is 1. The normalized spacial score (nSPS) is 12.4. The van der Waals surface area contributed by atoms with Gasteiger partial charge in [0.2, 0.25) is 0 Å². The van der Waals surface area contributed by atoms with Gasteiger partial charge in [-0.3, -0.25) is 4.79 Å². The molecule has 0 fully saturated rings. The zero-order valence-electron chi connectivity index (χ0n) is 7.70. The van der Waals surface area contributed by atoms with E-state index in [9.17, 15) is 9.90 Å². The Balaban J connectivity index is 2.87. The first-order valence-corrected chi connectivity index (χ1v) is 5.01. The molecule has 1 aromatic rings. The molecule has 0 bridgehead atoms. The van der Waals surface area contributed by atoms with E-state index < -0.39 is 11.9 Å². The van der Waals surface area contributed by atoms with Crippen LogP contribution in [0, 0.1) is 5.92 Å². The first-order valence-electron chi connectivity index (χ1n) is 4.21. The number of phenols is 1. The van der Waals surface area contributed by atoms with E-state index in [-0.39, 0.29) is 5.75 Å². The molecule has 4 heteroatoms. The first-order chi connectivity index (χ1) is 6.52. The Morgan fingerprint density at radius 2 is 2.21 bits per heavy atom. The Morgan fingerprint density at radius 1 is 1.57 bits per heavy atom. The number of hydrogen-bond donors (Lipinski definition) is 2. The summed E-state index contributed by atoms with van der Waals surface area (Å²) in [5, 5.41) is 18.3. The van der Waals surface area contributed by atoms with Crippen molar-refractivity contribution >= 4 is 21.9 Å². The fraction of sp³-hybridized carbons (Fsp3) is 0.300. The number of phenolic OH excluding ortho intramolecular Hbond substituents is 1. The van der Waals surface area contributed by atoms with E-state index in [1.807, 2.05) is 0 Å². The molecule has 1 rings (SSSR count). The van der Waals surface area contributed by atoms with E-state index in [1.165, 1.54) is 0 Å². The Bertz CT molecular complexity index is 349. The van der Waals surface area contributed by atoms with E-state index >= 15 is 0 Å². The van der Waals surface area contributed by atoms with Gasteiger partial charge in [-0.15, -0.1) is 0 Å². The summed E-state index contributed by atoms with van der Waals surface area (Å²) in [6.45, 7) is 1.61. The standard InChI is InChI=1S/C10H11BrO3/c1-6(10(13)14)5-7-3-2-4-8(11)9(7)12/h2-4,6,12H,5H2,1H3,(H,13,14). The lowest BCUT2D eigenvalue weighted by atomic mass is 10.0. The zero-order chi connectivity index (χ0) is 10.7. The molecule has 2 N–H and O–H groups in total. The van der Waals surface area contributed by atoms with Gasteiger partial charge in [0, 0.05) is 0 Å². The Kier molecular flexibility index (Phi) is 3.52. The van der Waals surface area contributed by atoms with Gasteiger partial charge in [-0.2, -0.15) is 0 Å². The highest BCUT2D eigenvalue weighted by Gasteiger charge is 2.14. The van der Waals surface area contributed by atoms with E-state index in [4.69, 9.17) is 5.11 Å². The fourth-order valence-electron chi connectivity index (χ4n) is 1.14. The number of carbonyl (C=O) groups is 1. The third kappa shape index (κ3) is 2.48. The van der Waals surface area contributed by atoms with Crippen molar-refractivity contribution in [3.05, 3.63) is 28.2 Å². The van der Waals surface area contributed by atoms with Crippen LogP contribution in [0.4, 0.5) is 0 Å². The average molecular weight is 259 g/mol. The second-order valence-corrected chi connectivity index (χ2v) is 4.05. The molecule has 0 aromatic heterocycles. The van der Waals surface area contributed by atoms with Crippen LogP contribution in [0.15, 0.2) is 22.7 Å². The van der Waals surface area contributed by atoms with Crippen molar-refractivity contribution in [2.45, 2.75) is 13.3 Å². The summed E-state index contributed by atoms with van der Waals surface area (Å²) in [5.41, 5.74) is 0.647. The molecule has 0 aliphatic carbocycles. The van der Waals surface area contributed by atoms with Crippen molar-refractivity contribution < 1.29 is 15.0 Å². The molecule has 0 aliphatic rings. The fourth-order valence-corrected chi connectivity index (χ4v) is 1.55. The molecule has 0 spiro atoms. The highest BCUT2D eigenvalue weighted by molar-refractivity contribution is 9.10. The molecule has 0 heterocycles.